The van der Waals surface area contributed by atoms with Crippen LogP contribution in [0.1, 0.15) is 30.1 Å². The van der Waals surface area contributed by atoms with E-state index in [0.29, 0.717) is 31.1 Å². The lowest BCUT2D eigenvalue weighted by Gasteiger charge is -2.28. The van der Waals surface area contributed by atoms with E-state index in [1.807, 2.05) is 17.9 Å². The van der Waals surface area contributed by atoms with Gasteiger partial charge in [0.05, 0.1) is 12.3 Å². The molecule has 0 heterocycles. The molecule has 0 unspecified atom stereocenters. The molecular weight excluding hydrogens is 394 g/mol. The summed E-state index contributed by atoms with van der Waals surface area (Å²) in [6.07, 6.45) is 1.77. The first-order valence-corrected chi connectivity index (χ1v) is 10.8. The highest BCUT2D eigenvalue weighted by atomic mass is 32.2. The maximum atomic E-state index is 12.3. The first-order valence-electron chi connectivity index (χ1n) is 9.25. The molecule has 0 saturated carbocycles. The van der Waals surface area contributed by atoms with Crippen LogP contribution in [0.4, 0.5) is 5.69 Å². The number of primary amides is 1. The molecule has 0 aliphatic rings. The number of hydrogen-bond donors (Lipinski definition) is 2. The van der Waals surface area contributed by atoms with Gasteiger partial charge in [0.1, 0.15) is 10.6 Å². The lowest BCUT2D eigenvalue weighted by molar-refractivity contribution is 0.1000. The van der Waals surface area contributed by atoms with E-state index >= 15 is 0 Å². The second kappa shape index (κ2) is 10.2. The molecule has 4 N–H and O–H groups in total. The molecule has 1 amide bonds. The fraction of sp³-hybridized carbons (Fsp3) is 0.350. The summed E-state index contributed by atoms with van der Waals surface area (Å²) in [5, 5.41) is 5.45. The van der Waals surface area contributed by atoms with Gasteiger partial charge in [-0.3, -0.25) is 4.79 Å². The molecule has 0 bridgehead atoms. The van der Waals surface area contributed by atoms with Gasteiger partial charge in [-0.05, 0) is 30.7 Å². The van der Waals surface area contributed by atoms with Gasteiger partial charge in [0, 0.05) is 25.8 Å². The highest BCUT2D eigenvalue weighted by Gasteiger charge is 2.25. The normalized spacial score (nSPS) is 11.3. The Morgan fingerprint density at radius 3 is 2.38 bits per heavy atom. The van der Waals surface area contributed by atoms with Gasteiger partial charge in [-0.15, -0.1) is 0 Å². The van der Waals surface area contributed by atoms with Gasteiger partial charge in [-0.1, -0.05) is 31.5 Å². The summed E-state index contributed by atoms with van der Waals surface area (Å²) >= 11 is 0. The number of carbonyl (C=O) groups excluding carboxylic acids is 1. The van der Waals surface area contributed by atoms with Crippen molar-refractivity contribution in [2.45, 2.75) is 24.7 Å². The predicted molar refractivity (Wildman–Crippen MR) is 112 cm³/mol. The summed E-state index contributed by atoms with van der Waals surface area (Å²) in [6.45, 7) is 3.52. The van der Waals surface area contributed by atoms with E-state index in [2.05, 4.69) is 0 Å². The van der Waals surface area contributed by atoms with E-state index in [9.17, 15) is 13.2 Å². The van der Waals surface area contributed by atoms with Crippen LogP contribution in [0, 0.1) is 0 Å². The summed E-state index contributed by atoms with van der Waals surface area (Å²) < 4.78 is 35.8. The molecular formula is C20H27N3O5S. The minimum atomic E-state index is -4.20. The maximum absolute atomic E-state index is 12.3. The van der Waals surface area contributed by atoms with E-state index in [1.54, 1.807) is 31.4 Å². The molecule has 0 aromatic heterocycles. The first kappa shape index (κ1) is 22.7. The fourth-order valence-corrected chi connectivity index (χ4v) is 3.48. The van der Waals surface area contributed by atoms with Gasteiger partial charge in [0.15, 0.2) is 5.75 Å². The Bertz CT molecular complexity index is 925. The Morgan fingerprint density at radius 1 is 1.14 bits per heavy atom. The van der Waals surface area contributed by atoms with Crippen molar-refractivity contribution >= 4 is 21.6 Å². The van der Waals surface area contributed by atoms with Crippen molar-refractivity contribution in [3.05, 3.63) is 48.0 Å². The zero-order valence-electron chi connectivity index (χ0n) is 16.6. The van der Waals surface area contributed by atoms with E-state index in [1.165, 1.54) is 6.07 Å². The number of anilines is 1. The van der Waals surface area contributed by atoms with Gasteiger partial charge in [0.2, 0.25) is 15.9 Å². The second-order valence-corrected chi connectivity index (χ2v) is 8.01. The Morgan fingerprint density at radius 2 is 1.83 bits per heavy atom. The van der Waals surface area contributed by atoms with Crippen molar-refractivity contribution < 1.29 is 22.7 Å². The number of primary sulfonamides is 1. The van der Waals surface area contributed by atoms with Gasteiger partial charge in [-0.2, -0.15) is 0 Å². The standard InChI is InChI=1S/C20H27N3O5S/c1-3-4-10-23(11-12-27-2)17-13-15(20(21)24)14-18(29(22,25)26)19(17)28-16-8-6-5-7-9-16/h5-9,13-14H,3-4,10-12H2,1-2H3,(H2,21,24)(H2,22,25,26). The van der Waals surface area contributed by atoms with E-state index in [-0.39, 0.29) is 16.2 Å². The van der Waals surface area contributed by atoms with E-state index < -0.39 is 15.9 Å². The third kappa shape index (κ3) is 6.18. The van der Waals surface area contributed by atoms with Crippen molar-refractivity contribution in [3.8, 4) is 11.5 Å². The van der Waals surface area contributed by atoms with Gasteiger partial charge >= 0.3 is 0 Å². The van der Waals surface area contributed by atoms with E-state index in [0.717, 1.165) is 18.9 Å². The molecule has 2 aromatic carbocycles. The number of amides is 1. The average Bonchev–Trinajstić information content (AvgIpc) is 2.68. The molecule has 0 radical (unpaired) electrons. The fourth-order valence-electron chi connectivity index (χ4n) is 2.79. The minimum absolute atomic E-state index is 0.0309. The molecule has 0 aliphatic heterocycles. The quantitative estimate of drug-likeness (QED) is 0.574. The average molecular weight is 422 g/mol. The predicted octanol–water partition coefficient (Wildman–Crippen LogP) is 2.48. The smallest absolute Gasteiger partial charge is 0.248 e. The number of rotatable bonds is 11. The van der Waals surface area contributed by atoms with Crippen LogP contribution in [-0.4, -0.2) is 41.1 Å². The number of benzene rings is 2. The lowest BCUT2D eigenvalue weighted by Crippen LogP contribution is -2.30. The van der Waals surface area contributed by atoms with Crippen LogP contribution in [0.2, 0.25) is 0 Å². The molecule has 9 heteroatoms. The molecule has 0 fully saturated rings. The summed E-state index contributed by atoms with van der Waals surface area (Å²) in [7, 11) is -2.62. The number of para-hydroxylation sites is 1. The third-order valence-electron chi connectivity index (χ3n) is 4.28. The number of nitrogens with zero attached hydrogens (tertiary/aromatic N) is 1. The van der Waals surface area contributed by atoms with Crippen LogP contribution in [0.15, 0.2) is 47.4 Å². The number of ether oxygens (including phenoxy) is 2. The number of sulfonamides is 1. The van der Waals surface area contributed by atoms with Crippen LogP contribution >= 0.6 is 0 Å². The number of unbranched alkanes of at least 4 members (excludes halogenated alkanes) is 1. The van der Waals surface area contributed by atoms with Crippen LogP contribution in [0.5, 0.6) is 11.5 Å². The molecule has 0 saturated heterocycles. The highest BCUT2D eigenvalue weighted by molar-refractivity contribution is 7.89. The zero-order valence-corrected chi connectivity index (χ0v) is 17.4. The van der Waals surface area contributed by atoms with Gasteiger partial charge < -0.3 is 20.1 Å². The molecule has 0 atom stereocenters. The molecule has 158 valence electrons. The highest BCUT2D eigenvalue weighted by Crippen LogP contribution is 2.39. The minimum Gasteiger partial charge on any atom is -0.454 e. The molecule has 0 spiro atoms. The zero-order chi connectivity index (χ0) is 21.4. The van der Waals surface area contributed by atoms with Gasteiger partial charge in [-0.25, -0.2) is 13.6 Å². The summed E-state index contributed by atoms with van der Waals surface area (Å²) in [4.78, 5) is 13.5. The topological polar surface area (TPSA) is 125 Å². The van der Waals surface area contributed by atoms with Crippen LogP contribution < -0.4 is 20.5 Å². The third-order valence-corrected chi connectivity index (χ3v) is 5.19. The first-order chi connectivity index (χ1) is 13.8. The SMILES string of the molecule is CCCCN(CCOC)c1cc(C(N)=O)cc(S(N)(=O)=O)c1Oc1ccccc1. The molecule has 2 rings (SSSR count). The van der Waals surface area contributed by atoms with Crippen LogP contribution in [-0.2, 0) is 14.8 Å². The van der Waals surface area contributed by atoms with Crippen molar-refractivity contribution in [3.63, 3.8) is 0 Å². The Labute approximate surface area is 171 Å². The Hall–Kier alpha value is -2.62. The number of methoxy groups -OCH3 is 1. The van der Waals surface area contributed by atoms with Crippen LogP contribution in [0.25, 0.3) is 0 Å². The van der Waals surface area contributed by atoms with Crippen molar-refractivity contribution in [2.75, 3.05) is 31.7 Å². The molecule has 29 heavy (non-hydrogen) atoms. The second-order valence-electron chi connectivity index (χ2n) is 6.48. The monoisotopic (exact) mass is 421 g/mol. The van der Waals surface area contributed by atoms with Gasteiger partial charge in [0.25, 0.3) is 0 Å². The van der Waals surface area contributed by atoms with Crippen molar-refractivity contribution in [2.24, 2.45) is 10.9 Å². The Balaban J connectivity index is 2.71. The molecule has 8 nitrogen and oxygen atoms in total. The lowest BCUT2D eigenvalue weighted by atomic mass is 10.1. The number of hydrogen-bond acceptors (Lipinski definition) is 6. The van der Waals surface area contributed by atoms with E-state index in [4.69, 9.17) is 20.3 Å². The molecule has 0 aliphatic carbocycles. The van der Waals surface area contributed by atoms with Crippen LogP contribution in [0.3, 0.4) is 0 Å². The van der Waals surface area contributed by atoms with Crippen molar-refractivity contribution in [1.82, 2.24) is 0 Å². The van der Waals surface area contributed by atoms with Crippen molar-refractivity contribution in [1.29, 1.82) is 0 Å². The summed E-state index contributed by atoms with van der Waals surface area (Å²) in [5.41, 5.74) is 5.89. The molecule has 2 aromatic rings. The number of carbonyl (C=O) groups is 1. The maximum Gasteiger partial charge on any atom is 0.248 e. The summed E-state index contributed by atoms with van der Waals surface area (Å²) in [5.74, 6) is -0.270. The number of nitrogens with two attached hydrogens (primary N) is 2. The largest absolute Gasteiger partial charge is 0.454 e. The Kier molecular flexibility index (Phi) is 8.00. The summed E-state index contributed by atoms with van der Waals surface area (Å²) in [6, 6.07) is 11.4.